The van der Waals surface area contributed by atoms with Crippen LogP contribution in [0.3, 0.4) is 0 Å². The van der Waals surface area contributed by atoms with E-state index in [2.05, 4.69) is 4.98 Å². The minimum absolute atomic E-state index is 0.0421. The van der Waals surface area contributed by atoms with Crippen LogP contribution in [0.5, 0.6) is 11.5 Å². The molecule has 2 aromatic heterocycles. The summed E-state index contributed by atoms with van der Waals surface area (Å²) >= 11 is 0. The van der Waals surface area contributed by atoms with E-state index in [0.29, 0.717) is 11.2 Å². The lowest BCUT2D eigenvalue weighted by Crippen LogP contribution is -2.31. The quantitative estimate of drug-likeness (QED) is 0.278. The average molecular weight is 493 g/mol. The van der Waals surface area contributed by atoms with Gasteiger partial charge in [0.25, 0.3) is 0 Å². The lowest BCUT2D eigenvalue weighted by atomic mass is 9.80. The van der Waals surface area contributed by atoms with Gasteiger partial charge in [-0.2, -0.15) is 13.2 Å². The summed E-state index contributed by atoms with van der Waals surface area (Å²) in [4.78, 5) is 17.4. The van der Waals surface area contributed by atoms with Gasteiger partial charge in [0.05, 0.1) is 32.2 Å². The van der Waals surface area contributed by atoms with Crippen molar-refractivity contribution in [3.63, 3.8) is 0 Å². The molecule has 0 amide bonds. The Balaban J connectivity index is 1.94. The highest BCUT2D eigenvalue weighted by molar-refractivity contribution is 6.02. The van der Waals surface area contributed by atoms with Gasteiger partial charge in [0.1, 0.15) is 22.7 Å². The standard InChI is InChI=1S/C26H31F3N2O4/c1-16(32)25(2,3)18-9-11-31-19(15-30-23(31)14-18)17-12-21(34-4)24(22(13-17)35-5)20(33)8-6-7-10-26(27,28)29/h9,11-16,32H,6-8,10H2,1-5H3. The van der Waals surface area contributed by atoms with Crippen LogP contribution in [0.25, 0.3) is 16.9 Å². The first-order valence-corrected chi connectivity index (χ1v) is 11.4. The minimum Gasteiger partial charge on any atom is -0.496 e. The van der Waals surface area contributed by atoms with Crippen LogP contribution < -0.4 is 9.47 Å². The molecule has 0 aliphatic carbocycles. The summed E-state index contributed by atoms with van der Waals surface area (Å²) in [5.41, 5.74) is 2.82. The van der Waals surface area contributed by atoms with Gasteiger partial charge >= 0.3 is 6.18 Å². The second-order valence-corrected chi connectivity index (χ2v) is 9.19. The third-order valence-electron chi connectivity index (χ3n) is 6.50. The number of pyridine rings is 1. The molecule has 0 fully saturated rings. The van der Waals surface area contributed by atoms with Crippen LogP contribution in [0, 0.1) is 0 Å². The van der Waals surface area contributed by atoms with Gasteiger partial charge < -0.3 is 14.6 Å². The molecule has 3 aromatic rings. The highest BCUT2D eigenvalue weighted by Gasteiger charge is 2.28. The number of hydrogen-bond donors (Lipinski definition) is 1. The predicted molar refractivity (Wildman–Crippen MR) is 127 cm³/mol. The van der Waals surface area contributed by atoms with E-state index in [4.69, 9.17) is 9.47 Å². The number of benzene rings is 1. The Bertz CT molecular complexity index is 1170. The van der Waals surface area contributed by atoms with Crippen molar-refractivity contribution in [2.24, 2.45) is 0 Å². The number of carbonyl (C=O) groups is 1. The number of halogens is 3. The van der Waals surface area contributed by atoms with Gasteiger partial charge in [0, 0.05) is 30.0 Å². The van der Waals surface area contributed by atoms with Crippen molar-refractivity contribution in [3.8, 4) is 22.8 Å². The highest BCUT2D eigenvalue weighted by atomic mass is 19.4. The number of ether oxygens (including phenoxy) is 2. The van der Waals surface area contributed by atoms with Crippen LogP contribution in [-0.2, 0) is 5.41 Å². The first-order valence-electron chi connectivity index (χ1n) is 11.4. The summed E-state index contributed by atoms with van der Waals surface area (Å²) < 4.78 is 50.0. The minimum atomic E-state index is -4.24. The van der Waals surface area contributed by atoms with E-state index in [1.54, 1.807) is 25.3 Å². The topological polar surface area (TPSA) is 73.1 Å². The van der Waals surface area contributed by atoms with Gasteiger partial charge in [-0.25, -0.2) is 4.98 Å². The van der Waals surface area contributed by atoms with Crippen LogP contribution >= 0.6 is 0 Å². The number of alkyl halides is 3. The van der Waals surface area contributed by atoms with Crippen LogP contribution in [-0.4, -0.2) is 46.8 Å². The van der Waals surface area contributed by atoms with E-state index in [-0.39, 0.29) is 42.1 Å². The highest BCUT2D eigenvalue weighted by Crippen LogP contribution is 2.37. The number of carbonyl (C=O) groups excluding carboxylic acids is 1. The van der Waals surface area contributed by atoms with Gasteiger partial charge in [-0.15, -0.1) is 0 Å². The number of hydrogen-bond acceptors (Lipinski definition) is 5. The number of rotatable bonds is 10. The van der Waals surface area contributed by atoms with Crippen LogP contribution in [0.4, 0.5) is 13.2 Å². The molecule has 190 valence electrons. The number of Topliss-reactive ketones (excluding diaryl/α,β-unsaturated/α-hetero) is 1. The van der Waals surface area contributed by atoms with E-state index in [1.165, 1.54) is 14.2 Å². The number of imidazole rings is 1. The van der Waals surface area contributed by atoms with Gasteiger partial charge in [-0.3, -0.25) is 9.20 Å². The number of nitrogens with zero attached hydrogens (tertiary/aromatic N) is 2. The largest absolute Gasteiger partial charge is 0.496 e. The maximum absolute atomic E-state index is 12.8. The molecule has 0 aliphatic rings. The summed E-state index contributed by atoms with van der Waals surface area (Å²) in [6.07, 6.45) is -2.18. The summed E-state index contributed by atoms with van der Waals surface area (Å²) in [5.74, 6) is 0.222. The van der Waals surface area contributed by atoms with Crippen molar-refractivity contribution < 1.29 is 32.5 Å². The number of aromatic nitrogens is 2. The Morgan fingerprint density at radius 1 is 1.11 bits per heavy atom. The Morgan fingerprint density at radius 3 is 2.29 bits per heavy atom. The van der Waals surface area contributed by atoms with Crippen LogP contribution in [0.15, 0.2) is 36.7 Å². The van der Waals surface area contributed by atoms with Crippen molar-refractivity contribution in [2.75, 3.05) is 14.2 Å². The molecule has 1 aromatic carbocycles. The Kier molecular flexibility index (Phi) is 7.79. The zero-order chi connectivity index (χ0) is 26.0. The SMILES string of the molecule is COc1cc(-c2cnc3cc(C(C)(C)C(C)O)ccn23)cc(OC)c1C(=O)CCCCC(F)(F)F. The van der Waals surface area contributed by atoms with Crippen molar-refractivity contribution >= 4 is 11.4 Å². The van der Waals surface area contributed by atoms with Crippen molar-refractivity contribution in [1.82, 2.24) is 9.38 Å². The maximum atomic E-state index is 12.8. The molecular formula is C26H31F3N2O4. The zero-order valence-electron chi connectivity index (χ0n) is 20.6. The number of fused-ring (bicyclic) bond motifs is 1. The summed E-state index contributed by atoms with van der Waals surface area (Å²) in [6.45, 7) is 5.67. The maximum Gasteiger partial charge on any atom is 0.389 e. The normalized spacial score (nSPS) is 13.2. The summed E-state index contributed by atoms with van der Waals surface area (Å²) in [6, 6.07) is 7.24. The smallest absolute Gasteiger partial charge is 0.389 e. The number of methoxy groups -OCH3 is 2. The fourth-order valence-corrected chi connectivity index (χ4v) is 3.91. The molecule has 0 spiro atoms. The molecule has 0 saturated carbocycles. The Morgan fingerprint density at radius 2 is 1.74 bits per heavy atom. The zero-order valence-corrected chi connectivity index (χ0v) is 20.6. The van der Waals surface area contributed by atoms with Crippen LogP contribution in [0.1, 0.15) is 62.4 Å². The summed E-state index contributed by atoms with van der Waals surface area (Å²) in [7, 11) is 2.86. The lowest BCUT2D eigenvalue weighted by molar-refractivity contribution is -0.135. The van der Waals surface area contributed by atoms with Crippen molar-refractivity contribution in [2.45, 2.75) is 64.1 Å². The molecule has 1 N–H and O–H groups in total. The average Bonchev–Trinajstić information content (AvgIpc) is 3.23. The third kappa shape index (κ3) is 5.78. The number of aliphatic hydroxyl groups excluding tert-OH is 1. The first-order chi connectivity index (χ1) is 16.4. The molecule has 9 heteroatoms. The van der Waals surface area contributed by atoms with E-state index < -0.39 is 24.1 Å². The van der Waals surface area contributed by atoms with E-state index in [0.717, 1.165) is 11.3 Å². The fourth-order valence-electron chi connectivity index (χ4n) is 3.91. The van der Waals surface area contributed by atoms with E-state index in [9.17, 15) is 23.1 Å². The fraction of sp³-hybridized carbons (Fsp3) is 0.462. The molecule has 2 heterocycles. The van der Waals surface area contributed by atoms with E-state index in [1.807, 2.05) is 36.6 Å². The summed E-state index contributed by atoms with van der Waals surface area (Å²) in [5, 5.41) is 10.1. The molecular weight excluding hydrogens is 461 g/mol. The van der Waals surface area contributed by atoms with Crippen LogP contribution in [0.2, 0.25) is 0 Å². The molecule has 3 rings (SSSR count). The molecule has 1 unspecified atom stereocenters. The Hall–Kier alpha value is -3.07. The van der Waals surface area contributed by atoms with Crippen molar-refractivity contribution in [3.05, 3.63) is 47.8 Å². The first kappa shape index (κ1) is 26.5. The van der Waals surface area contributed by atoms with Gasteiger partial charge in [0.2, 0.25) is 0 Å². The van der Waals surface area contributed by atoms with Gasteiger partial charge in [-0.1, -0.05) is 13.8 Å². The molecule has 0 bridgehead atoms. The predicted octanol–water partition coefficient (Wildman–Crippen LogP) is 5.98. The second kappa shape index (κ2) is 10.3. The van der Waals surface area contributed by atoms with Gasteiger partial charge in [0.15, 0.2) is 5.78 Å². The number of aliphatic hydroxyl groups is 1. The number of ketones is 1. The molecule has 35 heavy (non-hydrogen) atoms. The molecule has 1 atom stereocenters. The molecule has 6 nitrogen and oxygen atoms in total. The van der Waals surface area contributed by atoms with E-state index >= 15 is 0 Å². The lowest BCUT2D eigenvalue weighted by Gasteiger charge is -2.28. The second-order valence-electron chi connectivity index (χ2n) is 9.19. The van der Waals surface area contributed by atoms with Gasteiger partial charge in [-0.05, 0) is 49.6 Å². The number of unbranched alkanes of at least 4 members (excludes halogenated alkanes) is 1. The molecule has 0 aliphatic heterocycles. The van der Waals surface area contributed by atoms with Crippen molar-refractivity contribution in [1.29, 1.82) is 0 Å². The molecule has 0 radical (unpaired) electrons. The monoisotopic (exact) mass is 492 g/mol. The Labute approximate surface area is 202 Å². The third-order valence-corrected chi connectivity index (χ3v) is 6.50. The molecule has 0 saturated heterocycles.